The van der Waals surface area contributed by atoms with Crippen molar-refractivity contribution in [2.24, 2.45) is 5.92 Å². The highest BCUT2D eigenvalue weighted by Gasteiger charge is 2.38. The Kier molecular flexibility index (Phi) is 2.00. The number of rotatable bonds is 0. The van der Waals surface area contributed by atoms with Gasteiger partial charge in [-0.25, -0.2) is 0 Å². The Labute approximate surface area is 94.8 Å². The summed E-state index contributed by atoms with van der Waals surface area (Å²) in [5.41, 5.74) is 2.67. The van der Waals surface area contributed by atoms with Gasteiger partial charge in [0.25, 0.3) is 0 Å². The topological polar surface area (TPSA) is 44.0 Å². The third-order valence-electron chi connectivity index (χ3n) is 3.86. The Bertz CT molecular complexity index is 510. The molecule has 1 N–H and O–H groups in total. The van der Waals surface area contributed by atoms with Gasteiger partial charge in [-0.1, -0.05) is 30.7 Å². The molecule has 0 aliphatic heterocycles. The van der Waals surface area contributed by atoms with Gasteiger partial charge >= 0.3 is 0 Å². The van der Waals surface area contributed by atoms with E-state index < -0.39 is 0 Å². The average Bonchev–Trinajstić information content (AvgIpc) is 2.79. The van der Waals surface area contributed by atoms with Gasteiger partial charge in [0.2, 0.25) is 0 Å². The van der Waals surface area contributed by atoms with Gasteiger partial charge in [-0.3, -0.25) is 0 Å². The van der Waals surface area contributed by atoms with Crippen LogP contribution < -0.4 is 0 Å². The van der Waals surface area contributed by atoms with E-state index >= 15 is 0 Å². The van der Waals surface area contributed by atoms with Crippen molar-refractivity contribution in [1.82, 2.24) is 0 Å². The normalized spacial score (nSPS) is 27.2. The van der Waals surface area contributed by atoms with Crippen LogP contribution in [0.2, 0.25) is 0 Å². The fourth-order valence-electron chi connectivity index (χ4n) is 3.15. The Morgan fingerprint density at radius 2 is 1.94 bits per heavy atom. The molecule has 0 saturated heterocycles. The molecule has 1 aromatic rings. The van der Waals surface area contributed by atoms with Gasteiger partial charge in [0.05, 0.1) is 5.57 Å². The molecule has 1 aromatic carbocycles. The maximum Gasteiger partial charge on any atom is 0.114 e. The molecule has 0 radical (unpaired) electrons. The SMILES string of the molecule is N#CC1=C(O)[C@H]2CCC[C@@H]2c2ccccc21. The van der Waals surface area contributed by atoms with Crippen molar-refractivity contribution >= 4 is 5.57 Å². The zero-order valence-electron chi connectivity index (χ0n) is 8.98. The highest BCUT2D eigenvalue weighted by Crippen LogP contribution is 2.49. The summed E-state index contributed by atoms with van der Waals surface area (Å²) in [4.78, 5) is 0. The van der Waals surface area contributed by atoms with Crippen LogP contribution in [0.25, 0.3) is 5.57 Å². The van der Waals surface area contributed by atoms with E-state index in [1.807, 2.05) is 18.2 Å². The minimum atomic E-state index is 0.185. The van der Waals surface area contributed by atoms with Gasteiger partial charge in [0, 0.05) is 5.92 Å². The van der Waals surface area contributed by atoms with E-state index in [-0.39, 0.29) is 5.92 Å². The molecule has 2 nitrogen and oxygen atoms in total. The van der Waals surface area contributed by atoms with Gasteiger partial charge in [-0.15, -0.1) is 0 Å². The molecule has 0 spiro atoms. The monoisotopic (exact) mass is 211 g/mol. The van der Waals surface area contributed by atoms with Crippen molar-refractivity contribution in [3.05, 3.63) is 41.2 Å². The lowest BCUT2D eigenvalue weighted by molar-refractivity contribution is 0.316. The van der Waals surface area contributed by atoms with Crippen LogP contribution in [0.3, 0.4) is 0 Å². The molecule has 0 bridgehead atoms. The molecular formula is C14H13NO. The third kappa shape index (κ3) is 1.12. The van der Waals surface area contributed by atoms with Crippen LogP contribution in [0.15, 0.2) is 30.0 Å². The lowest BCUT2D eigenvalue weighted by Gasteiger charge is -2.27. The van der Waals surface area contributed by atoms with Crippen molar-refractivity contribution in [2.45, 2.75) is 25.2 Å². The number of nitriles is 1. The number of benzene rings is 1. The molecular weight excluding hydrogens is 198 g/mol. The molecule has 80 valence electrons. The fourth-order valence-corrected chi connectivity index (χ4v) is 3.15. The number of aliphatic hydroxyl groups is 1. The predicted octanol–water partition coefficient (Wildman–Crippen LogP) is 3.38. The first-order valence-electron chi connectivity index (χ1n) is 5.75. The second-order valence-corrected chi connectivity index (χ2v) is 4.60. The molecule has 0 amide bonds. The molecule has 0 aromatic heterocycles. The summed E-state index contributed by atoms with van der Waals surface area (Å²) >= 11 is 0. The number of aliphatic hydroxyl groups excluding tert-OH is 1. The van der Waals surface area contributed by atoms with E-state index in [1.54, 1.807) is 0 Å². The molecule has 16 heavy (non-hydrogen) atoms. The molecule has 2 aliphatic rings. The number of fused-ring (bicyclic) bond motifs is 3. The van der Waals surface area contributed by atoms with Crippen LogP contribution in [0, 0.1) is 17.2 Å². The second-order valence-electron chi connectivity index (χ2n) is 4.60. The number of hydrogen-bond acceptors (Lipinski definition) is 2. The van der Waals surface area contributed by atoms with E-state index in [4.69, 9.17) is 5.26 Å². The van der Waals surface area contributed by atoms with Crippen LogP contribution in [-0.4, -0.2) is 5.11 Å². The fraction of sp³-hybridized carbons (Fsp3) is 0.357. The van der Waals surface area contributed by atoms with Gasteiger partial charge in [0.1, 0.15) is 11.8 Å². The smallest absolute Gasteiger partial charge is 0.114 e. The third-order valence-corrected chi connectivity index (χ3v) is 3.86. The Morgan fingerprint density at radius 1 is 1.19 bits per heavy atom. The second kappa shape index (κ2) is 3.38. The molecule has 3 rings (SSSR count). The van der Waals surface area contributed by atoms with E-state index in [0.717, 1.165) is 24.8 Å². The van der Waals surface area contributed by atoms with Gasteiger partial charge < -0.3 is 5.11 Å². The van der Waals surface area contributed by atoms with Gasteiger partial charge in [0.15, 0.2) is 0 Å². The van der Waals surface area contributed by atoms with E-state index in [2.05, 4.69) is 12.1 Å². The van der Waals surface area contributed by atoms with Crippen LogP contribution in [0.5, 0.6) is 0 Å². The van der Waals surface area contributed by atoms with E-state index in [1.165, 1.54) is 5.56 Å². The Morgan fingerprint density at radius 3 is 2.75 bits per heavy atom. The summed E-state index contributed by atoms with van der Waals surface area (Å²) in [6, 6.07) is 10.1. The first-order chi connectivity index (χ1) is 7.83. The molecule has 1 saturated carbocycles. The maximum atomic E-state index is 10.1. The highest BCUT2D eigenvalue weighted by atomic mass is 16.3. The molecule has 1 fully saturated rings. The lowest BCUT2D eigenvalue weighted by Crippen LogP contribution is -2.17. The van der Waals surface area contributed by atoms with Gasteiger partial charge in [-0.2, -0.15) is 5.26 Å². The highest BCUT2D eigenvalue weighted by molar-refractivity contribution is 5.82. The maximum absolute atomic E-state index is 10.1. The standard InChI is InChI=1S/C14H13NO/c15-8-13-11-5-2-1-4-9(11)10-6-3-7-12(10)14(13)16/h1-2,4-5,10,12,16H,3,6-7H2/t10-,12+/m1/s1. The van der Waals surface area contributed by atoms with Crippen LogP contribution in [-0.2, 0) is 0 Å². The van der Waals surface area contributed by atoms with Crippen LogP contribution in [0.1, 0.15) is 36.3 Å². The number of hydrogen-bond donors (Lipinski definition) is 1. The quantitative estimate of drug-likeness (QED) is 0.715. The predicted molar refractivity (Wildman–Crippen MR) is 61.7 cm³/mol. The van der Waals surface area contributed by atoms with E-state index in [0.29, 0.717) is 17.3 Å². The molecule has 2 atom stereocenters. The first-order valence-corrected chi connectivity index (χ1v) is 5.75. The summed E-state index contributed by atoms with van der Waals surface area (Å²) < 4.78 is 0. The molecule has 2 aliphatic carbocycles. The van der Waals surface area contributed by atoms with Gasteiger partial charge in [-0.05, 0) is 29.9 Å². The summed E-state index contributed by atoms with van der Waals surface area (Å²) in [5.74, 6) is 0.932. The largest absolute Gasteiger partial charge is 0.511 e. The Balaban J connectivity index is 2.26. The summed E-state index contributed by atoms with van der Waals surface area (Å²) in [5, 5.41) is 19.3. The van der Waals surface area contributed by atoms with Crippen molar-refractivity contribution in [3.63, 3.8) is 0 Å². The molecule has 2 heteroatoms. The minimum Gasteiger partial charge on any atom is -0.511 e. The average molecular weight is 211 g/mol. The zero-order chi connectivity index (χ0) is 11.1. The van der Waals surface area contributed by atoms with Crippen molar-refractivity contribution in [1.29, 1.82) is 5.26 Å². The number of nitrogens with zero attached hydrogens (tertiary/aromatic N) is 1. The Hall–Kier alpha value is -1.75. The molecule has 0 heterocycles. The first kappa shape index (κ1) is 9.47. The van der Waals surface area contributed by atoms with Crippen molar-refractivity contribution in [2.75, 3.05) is 0 Å². The molecule has 0 unspecified atom stereocenters. The lowest BCUT2D eigenvalue weighted by atomic mass is 9.77. The van der Waals surface area contributed by atoms with Crippen LogP contribution >= 0.6 is 0 Å². The van der Waals surface area contributed by atoms with Crippen molar-refractivity contribution in [3.8, 4) is 6.07 Å². The summed E-state index contributed by atoms with van der Waals surface area (Å²) in [7, 11) is 0. The number of allylic oxidation sites excluding steroid dienone is 2. The zero-order valence-corrected chi connectivity index (χ0v) is 8.98. The van der Waals surface area contributed by atoms with Crippen molar-refractivity contribution < 1.29 is 5.11 Å². The van der Waals surface area contributed by atoms with E-state index in [9.17, 15) is 5.11 Å². The summed E-state index contributed by atoms with van der Waals surface area (Å²) in [6.45, 7) is 0. The van der Waals surface area contributed by atoms with Crippen LogP contribution in [0.4, 0.5) is 0 Å². The minimum absolute atomic E-state index is 0.185. The summed E-state index contributed by atoms with van der Waals surface area (Å²) in [6.07, 6.45) is 3.28.